The highest BCUT2D eigenvalue weighted by Crippen LogP contribution is 2.30. The lowest BCUT2D eigenvalue weighted by molar-refractivity contribution is 0.0674. The zero-order valence-electron chi connectivity index (χ0n) is 12.1. The van der Waals surface area contributed by atoms with E-state index in [0.29, 0.717) is 18.8 Å². The zero-order valence-corrected chi connectivity index (χ0v) is 12.1. The van der Waals surface area contributed by atoms with Crippen LogP contribution in [0.5, 0.6) is 0 Å². The number of furan rings is 1. The molecule has 1 aliphatic rings. The van der Waals surface area contributed by atoms with Crippen molar-refractivity contribution in [3.63, 3.8) is 0 Å². The number of hydrogen-bond donors (Lipinski definition) is 0. The first kappa shape index (κ1) is 13.1. The highest BCUT2D eigenvalue weighted by atomic mass is 16.3. The molecule has 112 valence electrons. The van der Waals surface area contributed by atoms with E-state index in [1.54, 1.807) is 12.1 Å². The molecule has 3 heterocycles. The van der Waals surface area contributed by atoms with Crippen molar-refractivity contribution in [1.29, 1.82) is 0 Å². The quantitative estimate of drug-likeness (QED) is 0.727. The molecule has 0 unspecified atom stereocenters. The molecule has 5 heteroatoms. The first-order valence-corrected chi connectivity index (χ1v) is 7.49. The molecule has 4 rings (SSSR count). The molecule has 22 heavy (non-hydrogen) atoms. The molecular weight excluding hydrogens is 280 g/mol. The van der Waals surface area contributed by atoms with Crippen LogP contribution in [0.2, 0.25) is 0 Å². The Hall–Kier alpha value is -2.56. The van der Waals surface area contributed by atoms with Crippen LogP contribution in [0.4, 0.5) is 0 Å². The predicted molar refractivity (Wildman–Crippen MR) is 80.6 cm³/mol. The molecule has 3 aromatic rings. The van der Waals surface area contributed by atoms with Gasteiger partial charge in [-0.1, -0.05) is 12.1 Å². The largest absolute Gasteiger partial charge is 0.459 e. The van der Waals surface area contributed by atoms with Crippen LogP contribution in [0.1, 0.15) is 35.2 Å². The number of oxazole rings is 1. The monoisotopic (exact) mass is 296 g/mol. The number of rotatable bonds is 2. The van der Waals surface area contributed by atoms with Crippen LogP contribution < -0.4 is 0 Å². The summed E-state index contributed by atoms with van der Waals surface area (Å²) in [6.07, 6.45) is 3.25. The van der Waals surface area contributed by atoms with Crippen LogP contribution in [-0.2, 0) is 0 Å². The number of fused-ring (bicyclic) bond motifs is 1. The van der Waals surface area contributed by atoms with Gasteiger partial charge in [0.25, 0.3) is 5.91 Å². The standard InChI is InChI=1S/C17H16N2O3/c20-17(15-6-3-11-21-15)19-9-7-12(8-10-19)16-18-13-4-1-2-5-14(13)22-16/h1-6,11-12H,7-10H2. The highest BCUT2D eigenvalue weighted by molar-refractivity contribution is 5.91. The van der Waals surface area contributed by atoms with Crippen LogP contribution in [0.15, 0.2) is 51.5 Å². The number of para-hydroxylation sites is 2. The smallest absolute Gasteiger partial charge is 0.289 e. The lowest BCUT2D eigenvalue weighted by Gasteiger charge is -2.29. The van der Waals surface area contributed by atoms with Gasteiger partial charge in [0, 0.05) is 19.0 Å². The Morgan fingerprint density at radius 3 is 2.68 bits per heavy atom. The van der Waals surface area contributed by atoms with Crippen molar-refractivity contribution < 1.29 is 13.6 Å². The summed E-state index contributed by atoms with van der Waals surface area (Å²) in [4.78, 5) is 18.6. The molecule has 0 spiro atoms. The highest BCUT2D eigenvalue weighted by Gasteiger charge is 2.28. The first-order chi connectivity index (χ1) is 10.8. The van der Waals surface area contributed by atoms with Crippen molar-refractivity contribution in [2.75, 3.05) is 13.1 Å². The molecule has 1 aromatic carbocycles. The van der Waals surface area contributed by atoms with E-state index in [9.17, 15) is 4.79 Å². The van der Waals surface area contributed by atoms with Gasteiger partial charge in [0.15, 0.2) is 17.2 Å². The van der Waals surface area contributed by atoms with Gasteiger partial charge in [-0.05, 0) is 37.1 Å². The predicted octanol–water partition coefficient (Wildman–Crippen LogP) is 3.44. The third-order valence-corrected chi connectivity index (χ3v) is 4.17. The van der Waals surface area contributed by atoms with Crippen molar-refractivity contribution in [1.82, 2.24) is 9.88 Å². The molecule has 1 aliphatic heterocycles. The molecule has 0 saturated carbocycles. The van der Waals surface area contributed by atoms with Crippen LogP contribution in [0.25, 0.3) is 11.1 Å². The minimum atomic E-state index is -0.0407. The van der Waals surface area contributed by atoms with Crippen molar-refractivity contribution in [2.24, 2.45) is 0 Å². The van der Waals surface area contributed by atoms with E-state index in [2.05, 4.69) is 4.98 Å². The van der Waals surface area contributed by atoms with Gasteiger partial charge in [-0.3, -0.25) is 4.79 Å². The maximum Gasteiger partial charge on any atom is 0.289 e. The van der Waals surface area contributed by atoms with Gasteiger partial charge in [0.05, 0.1) is 6.26 Å². The number of hydrogen-bond acceptors (Lipinski definition) is 4. The van der Waals surface area contributed by atoms with E-state index >= 15 is 0 Å². The van der Waals surface area contributed by atoms with Gasteiger partial charge in [-0.15, -0.1) is 0 Å². The molecule has 5 nitrogen and oxygen atoms in total. The number of benzene rings is 1. The Kier molecular flexibility index (Phi) is 3.18. The number of nitrogens with zero attached hydrogens (tertiary/aromatic N) is 2. The summed E-state index contributed by atoms with van der Waals surface area (Å²) in [6.45, 7) is 1.39. The van der Waals surface area contributed by atoms with Gasteiger partial charge in [-0.25, -0.2) is 4.98 Å². The van der Waals surface area contributed by atoms with Crippen LogP contribution in [0.3, 0.4) is 0 Å². The molecule has 0 N–H and O–H groups in total. The second-order valence-corrected chi connectivity index (χ2v) is 5.56. The van der Waals surface area contributed by atoms with Crippen molar-refractivity contribution in [3.8, 4) is 0 Å². The Morgan fingerprint density at radius 2 is 1.95 bits per heavy atom. The average molecular weight is 296 g/mol. The van der Waals surface area contributed by atoms with Gasteiger partial charge in [0.2, 0.25) is 0 Å². The minimum absolute atomic E-state index is 0.0407. The molecule has 1 amide bonds. The van der Waals surface area contributed by atoms with E-state index in [4.69, 9.17) is 8.83 Å². The van der Waals surface area contributed by atoms with Crippen LogP contribution in [0, 0.1) is 0 Å². The SMILES string of the molecule is O=C(c1ccco1)N1CCC(c2nc3ccccc3o2)CC1. The van der Waals surface area contributed by atoms with Crippen LogP contribution >= 0.6 is 0 Å². The summed E-state index contributed by atoms with van der Waals surface area (Å²) in [5, 5.41) is 0. The van der Waals surface area contributed by atoms with Crippen molar-refractivity contribution in [3.05, 3.63) is 54.3 Å². The fraction of sp³-hybridized carbons (Fsp3) is 0.294. The van der Waals surface area contributed by atoms with Gasteiger partial charge < -0.3 is 13.7 Å². The lowest BCUT2D eigenvalue weighted by Crippen LogP contribution is -2.37. The summed E-state index contributed by atoms with van der Waals surface area (Å²) in [5.74, 6) is 1.42. The molecule has 2 aromatic heterocycles. The number of carbonyl (C=O) groups is 1. The van der Waals surface area contributed by atoms with Crippen LogP contribution in [-0.4, -0.2) is 28.9 Å². The Bertz CT molecular complexity index is 750. The number of likely N-dealkylation sites (tertiary alicyclic amines) is 1. The van der Waals surface area contributed by atoms with E-state index < -0.39 is 0 Å². The summed E-state index contributed by atoms with van der Waals surface area (Å²) < 4.78 is 11.0. The summed E-state index contributed by atoms with van der Waals surface area (Å²) in [7, 11) is 0. The van der Waals surface area contributed by atoms with E-state index in [0.717, 1.165) is 29.8 Å². The molecule has 0 aliphatic carbocycles. The minimum Gasteiger partial charge on any atom is -0.459 e. The summed E-state index contributed by atoms with van der Waals surface area (Å²) >= 11 is 0. The molecule has 0 atom stereocenters. The summed E-state index contributed by atoms with van der Waals surface area (Å²) in [6, 6.07) is 11.2. The molecular formula is C17H16N2O3. The molecule has 1 saturated heterocycles. The zero-order chi connectivity index (χ0) is 14.9. The fourth-order valence-corrected chi connectivity index (χ4v) is 2.95. The fourth-order valence-electron chi connectivity index (χ4n) is 2.95. The second kappa shape index (κ2) is 5.33. The molecule has 1 fully saturated rings. The summed E-state index contributed by atoms with van der Waals surface area (Å²) in [5.41, 5.74) is 1.72. The van der Waals surface area contributed by atoms with Crippen molar-refractivity contribution in [2.45, 2.75) is 18.8 Å². The van der Waals surface area contributed by atoms with Gasteiger partial charge in [0.1, 0.15) is 5.52 Å². The maximum absolute atomic E-state index is 12.2. The third kappa shape index (κ3) is 2.28. The topological polar surface area (TPSA) is 59.5 Å². The molecule has 0 radical (unpaired) electrons. The Labute approximate surface area is 127 Å². The van der Waals surface area contributed by atoms with Gasteiger partial charge in [-0.2, -0.15) is 0 Å². The van der Waals surface area contributed by atoms with E-state index in [1.165, 1.54) is 6.26 Å². The molecule has 0 bridgehead atoms. The Balaban J connectivity index is 1.46. The normalized spacial score (nSPS) is 16.3. The van der Waals surface area contributed by atoms with Crippen molar-refractivity contribution >= 4 is 17.0 Å². The van der Waals surface area contributed by atoms with E-state index in [1.807, 2.05) is 29.2 Å². The van der Waals surface area contributed by atoms with Gasteiger partial charge >= 0.3 is 0 Å². The number of amides is 1. The Morgan fingerprint density at radius 1 is 1.14 bits per heavy atom. The first-order valence-electron chi connectivity index (χ1n) is 7.49. The lowest BCUT2D eigenvalue weighted by atomic mass is 9.96. The number of carbonyl (C=O) groups excluding carboxylic acids is 1. The second-order valence-electron chi connectivity index (χ2n) is 5.56. The maximum atomic E-state index is 12.2. The average Bonchev–Trinajstić information content (AvgIpc) is 3.23. The number of piperidine rings is 1. The van der Waals surface area contributed by atoms with E-state index in [-0.39, 0.29) is 11.8 Å². The third-order valence-electron chi connectivity index (χ3n) is 4.17. The number of aromatic nitrogens is 1.